The lowest BCUT2D eigenvalue weighted by Crippen LogP contribution is -2.27. The van der Waals surface area contributed by atoms with Crippen molar-refractivity contribution in [2.45, 2.75) is 33.2 Å². The van der Waals surface area contributed by atoms with Crippen molar-refractivity contribution in [3.8, 4) is 0 Å². The van der Waals surface area contributed by atoms with Crippen LogP contribution in [0.1, 0.15) is 28.8 Å². The second kappa shape index (κ2) is 5.25. The zero-order valence-electron chi connectivity index (χ0n) is 12.2. The van der Waals surface area contributed by atoms with Gasteiger partial charge in [0.15, 0.2) is 0 Å². The maximum Gasteiger partial charge on any atom is 0.137 e. The second-order valence-electron chi connectivity index (χ2n) is 5.53. The van der Waals surface area contributed by atoms with Gasteiger partial charge in [0.25, 0.3) is 0 Å². The summed E-state index contributed by atoms with van der Waals surface area (Å²) in [4.78, 5) is 7.06. The molecule has 0 fully saturated rings. The predicted octanol–water partition coefficient (Wildman–Crippen LogP) is 3.24. The molecule has 0 unspecified atom stereocenters. The average Bonchev–Trinajstić information content (AvgIpc) is 2.46. The lowest BCUT2D eigenvalue weighted by atomic mass is 9.99. The van der Waals surface area contributed by atoms with Gasteiger partial charge in [-0.05, 0) is 44.4 Å². The predicted molar refractivity (Wildman–Crippen MR) is 83.4 cm³/mol. The fourth-order valence-electron chi connectivity index (χ4n) is 2.91. The fraction of sp³-hybridized carbons (Fsp3) is 0.353. The number of aromatic nitrogens is 1. The summed E-state index contributed by atoms with van der Waals surface area (Å²) in [6.45, 7) is 5.72. The molecule has 2 aromatic rings. The maximum absolute atomic E-state index is 5.88. The van der Waals surface area contributed by atoms with Gasteiger partial charge in [0, 0.05) is 30.0 Å². The standard InChI is InChI=1S/C17H21N3/c1-12-5-8-16-14(10-12)4-3-9-20(16)17-15(11-18)7-6-13(2)19-17/h5-8,10H,3-4,9,11,18H2,1-2H3. The van der Waals surface area contributed by atoms with Gasteiger partial charge in [0.2, 0.25) is 0 Å². The van der Waals surface area contributed by atoms with E-state index in [4.69, 9.17) is 10.7 Å². The highest BCUT2D eigenvalue weighted by atomic mass is 15.2. The van der Waals surface area contributed by atoms with Crippen LogP contribution in [0.25, 0.3) is 0 Å². The molecule has 2 N–H and O–H groups in total. The number of fused-ring (bicyclic) bond motifs is 1. The smallest absolute Gasteiger partial charge is 0.137 e. The normalized spacial score (nSPS) is 14.2. The molecule has 0 saturated carbocycles. The molecule has 104 valence electrons. The summed E-state index contributed by atoms with van der Waals surface area (Å²) in [6.07, 6.45) is 2.31. The highest BCUT2D eigenvalue weighted by molar-refractivity contribution is 5.68. The molecule has 0 saturated heterocycles. The minimum absolute atomic E-state index is 0.528. The van der Waals surface area contributed by atoms with E-state index in [2.05, 4.69) is 36.1 Å². The third kappa shape index (κ3) is 2.29. The topological polar surface area (TPSA) is 42.2 Å². The molecule has 1 aliphatic heterocycles. The Hall–Kier alpha value is -1.87. The molecule has 3 nitrogen and oxygen atoms in total. The van der Waals surface area contributed by atoms with Gasteiger partial charge in [0.1, 0.15) is 5.82 Å². The van der Waals surface area contributed by atoms with Gasteiger partial charge in [-0.25, -0.2) is 4.98 Å². The largest absolute Gasteiger partial charge is 0.326 e. The van der Waals surface area contributed by atoms with Crippen molar-refractivity contribution in [2.75, 3.05) is 11.4 Å². The first-order valence-corrected chi connectivity index (χ1v) is 7.22. The molecule has 0 bridgehead atoms. The summed E-state index contributed by atoms with van der Waals surface area (Å²) in [7, 11) is 0. The Morgan fingerprint density at radius 2 is 2.05 bits per heavy atom. The molecule has 0 aliphatic carbocycles. The van der Waals surface area contributed by atoms with Gasteiger partial charge >= 0.3 is 0 Å². The van der Waals surface area contributed by atoms with Crippen LogP contribution < -0.4 is 10.6 Å². The summed E-state index contributed by atoms with van der Waals surface area (Å²) < 4.78 is 0. The molecular weight excluding hydrogens is 246 g/mol. The van der Waals surface area contributed by atoms with E-state index in [9.17, 15) is 0 Å². The molecule has 0 amide bonds. The van der Waals surface area contributed by atoms with E-state index < -0.39 is 0 Å². The van der Waals surface area contributed by atoms with Crippen molar-refractivity contribution in [3.63, 3.8) is 0 Å². The number of rotatable bonds is 2. The number of aryl methyl sites for hydroxylation is 3. The maximum atomic E-state index is 5.88. The van der Waals surface area contributed by atoms with E-state index in [0.29, 0.717) is 6.54 Å². The monoisotopic (exact) mass is 267 g/mol. The lowest BCUT2D eigenvalue weighted by Gasteiger charge is -2.32. The Kier molecular flexibility index (Phi) is 3.45. The SMILES string of the molecule is Cc1ccc2c(c1)CCCN2c1nc(C)ccc1CN. The van der Waals surface area contributed by atoms with E-state index in [1.807, 2.05) is 13.0 Å². The summed E-state index contributed by atoms with van der Waals surface area (Å²) >= 11 is 0. The van der Waals surface area contributed by atoms with Crippen LogP contribution in [0.3, 0.4) is 0 Å². The number of hydrogen-bond donors (Lipinski definition) is 1. The summed E-state index contributed by atoms with van der Waals surface area (Å²) in [5.41, 5.74) is 12.1. The first-order valence-electron chi connectivity index (χ1n) is 7.22. The average molecular weight is 267 g/mol. The molecule has 0 spiro atoms. The number of nitrogens with two attached hydrogens (primary N) is 1. The van der Waals surface area contributed by atoms with Gasteiger partial charge in [-0.3, -0.25) is 0 Å². The molecule has 0 radical (unpaired) electrons. The van der Waals surface area contributed by atoms with Crippen LogP contribution in [0, 0.1) is 13.8 Å². The molecule has 1 aromatic carbocycles. The third-order valence-corrected chi connectivity index (χ3v) is 3.92. The van der Waals surface area contributed by atoms with Crippen molar-refractivity contribution >= 4 is 11.5 Å². The van der Waals surface area contributed by atoms with Gasteiger partial charge < -0.3 is 10.6 Å². The van der Waals surface area contributed by atoms with Crippen LogP contribution in [-0.2, 0) is 13.0 Å². The van der Waals surface area contributed by atoms with Crippen molar-refractivity contribution < 1.29 is 0 Å². The van der Waals surface area contributed by atoms with Crippen LogP contribution >= 0.6 is 0 Å². The Morgan fingerprint density at radius 1 is 1.20 bits per heavy atom. The molecule has 1 aliphatic rings. The van der Waals surface area contributed by atoms with Crippen molar-refractivity contribution in [1.82, 2.24) is 4.98 Å². The van der Waals surface area contributed by atoms with E-state index in [0.717, 1.165) is 36.5 Å². The minimum atomic E-state index is 0.528. The summed E-state index contributed by atoms with van der Waals surface area (Å²) in [5, 5.41) is 0. The van der Waals surface area contributed by atoms with E-state index >= 15 is 0 Å². The van der Waals surface area contributed by atoms with Crippen LogP contribution in [0.15, 0.2) is 30.3 Å². The zero-order chi connectivity index (χ0) is 14.1. The van der Waals surface area contributed by atoms with Crippen LogP contribution in [0.2, 0.25) is 0 Å². The number of nitrogens with zero attached hydrogens (tertiary/aromatic N) is 2. The number of anilines is 2. The van der Waals surface area contributed by atoms with Crippen molar-refractivity contribution in [1.29, 1.82) is 0 Å². The van der Waals surface area contributed by atoms with Crippen LogP contribution in [-0.4, -0.2) is 11.5 Å². The minimum Gasteiger partial charge on any atom is -0.326 e. The van der Waals surface area contributed by atoms with Gasteiger partial charge in [-0.1, -0.05) is 23.8 Å². The third-order valence-electron chi connectivity index (χ3n) is 3.92. The Labute approximate surface area is 120 Å². The number of pyridine rings is 1. The summed E-state index contributed by atoms with van der Waals surface area (Å²) in [5.74, 6) is 1.03. The van der Waals surface area contributed by atoms with Crippen molar-refractivity contribution in [2.24, 2.45) is 5.73 Å². The van der Waals surface area contributed by atoms with Crippen molar-refractivity contribution in [3.05, 3.63) is 52.7 Å². The molecule has 3 rings (SSSR count). The highest BCUT2D eigenvalue weighted by Gasteiger charge is 2.21. The molecule has 20 heavy (non-hydrogen) atoms. The van der Waals surface area contributed by atoms with Gasteiger partial charge in [-0.2, -0.15) is 0 Å². The molecule has 3 heteroatoms. The Balaban J connectivity index is 2.11. The van der Waals surface area contributed by atoms with Gasteiger partial charge in [0.05, 0.1) is 0 Å². The quantitative estimate of drug-likeness (QED) is 0.908. The van der Waals surface area contributed by atoms with E-state index in [-0.39, 0.29) is 0 Å². The number of benzene rings is 1. The molecule has 1 aromatic heterocycles. The fourth-order valence-corrected chi connectivity index (χ4v) is 2.91. The lowest BCUT2D eigenvalue weighted by molar-refractivity contribution is 0.753. The number of hydrogen-bond acceptors (Lipinski definition) is 3. The van der Waals surface area contributed by atoms with E-state index in [1.165, 1.54) is 16.8 Å². The first kappa shape index (κ1) is 13.1. The van der Waals surface area contributed by atoms with Gasteiger partial charge in [-0.15, -0.1) is 0 Å². The van der Waals surface area contributed by atoms with Crippen LogP contribution in [0.4, 0.5) is 11.5 Å². The highest BCUT2D eigenvalue weighted by Crippen LogP contribution is 2.34. The molecular formula is C17H21N3. The Morgan fingerprint density at radius 3 is 2.85 bits per heavy atom. The second-order valence-corrected chi connectivity index (χ2v) is 5.53. The molecule has 0 atom stereocenters. The molecule has 2 heterocycles. The summed E-state index contributed by atoms with van der Waals surface area (Å²) in [6, 6.07) is 10.8. The Bertz CT molecular complexity index is 634. The van der Waals surface area contributed by atoms with E-state index in [1.54, 1.807) is 0 Å². The zero-order valence-corrected chi connectivity index (χ0v) is 12.2. The first-order chi connectivity index (χ1) is 9.69. The van der Waals surface area contributed by atoms with Crippen LogP contribution in [0.5, 0.6) is 0 Å².